The van der Waals surface area contributed by atoms with Crippen LogP contribution in [0.5, 0.6) is 11.5 Å². The lowest BCUT2D eigenvalue weighted by atomic mass is 10.2. The fraction of sp³-hybridized carbons (Fsp3) is 0.176. The number of nitrogens with one attached hydrogen (secondary N) is 1. The molecule has 0 aromatic heterocycles. The van der Waals surface area contributed by atoms with Crippen LogP contribution in [0.2, 0.25) is 0 Å². The Labute approximate surface area is 144 Å². The Morgan fingerprint density at radius 2 is 2.12 bits per heavy atom. The van der Waals surface area contributed by atoms with Crippen LogP contribution in [0.4, 0.5) is 5.69 Å². The first kappa shape index (κ1) is 17.9. The molecule has 1 N–H and O–H groups in total. The van der Waals surface area contributed by atoms with Crippen LogP contribution in [-0.4, -0.2) is 30.8 Å². The highest BCUT2D eigenvalue weighted by molar-refractivity contribution is 5.83. The lowest BCUT2D eigenvalue weighted by molar-refractivity contribution is -0.385. The summed E-state index contributed by atoms with van der Waals surface area (Å²) in [5.74, 6) is 0.168. The van der Waals surface area contributed by atoms with Crippen molar-refractivity contribution in [2.75, 3.05) is 13.7 Å². The van der Waals surface area contributed by atoms with Crippen LogP contribution in [0.1, 0.15) is 11.1 Å². The summed E-state index contributed by atoms with van der Waals surface area (Å²) in [5.41, 5.74) is 3.58. The molecule has 0 aliphatic carbocycles. The molecule has 0 unspecified atom stereocenters. The highest BCUT2D eigenvalue weighted by atomic mass is 16.6. The molecule has 0 heterocycles. The SMILES string of the molecule is COc1cccc(C=NNC(=O)COc2ccc(C)cc2[N+](=O)[O-])c1. The molecule has 25 heavy (non-hydrogen) atoms. The van der Waals surface area contributed by atoms with Crippen LogP contribution in [-0.2, 0) is 4.79 Å². The molecule has 130 valence electrons. The molecule has 2 rings (SSSR count). The van der Waals surface area contributed by atoms with E-state index in [1.165, 1.54) is 18.3 Å². The fourth-order valence-corrected chi connectivity index (χ4v) is 1.97. The van der Waals surface area contributed by atoms with Crippen molar-refractivity contribution in [3.63, 3.8) is 0 Å². The molecule has 0 aliphatic heterocycles. The minimum atomic E-state index is -0.554. The molecule has 8 nitrogen and oxygen atoms in total. The Hall–Kier alpha value is -3.42. The zero-order chi connectivity index (χ0) is 18.2. The predicted octanol–water partition coefficient (Wildman–Crippen LogP) is 2.44. The van der Waals surface area contributed by atoms with E-state index in [0.29, 0.717) is 5.75 Å². The zero-order valence-electron chi connectivity index (χ0n) is 13.8. The number of hydrogen-bond acceptors (Lipinski definition) is 6. The van der Waals surface area contributed by atoms with Gasteiger partial charge in [-0.1, -0.05) is 18.2 Å². The minimum absolute atomic E-state index is 0.0301. The van der Waals surface area contributed by atoms with Gasteiger partial charge in [-0.3, -0.25) is 14.9 Å². The van der Waals surface area contributed by atoms with Crippen LogP contribution >= 0.6 is 0 Å². The molecule has 0 bridgehead atoms. The third-order valence-electron chi connectivity index (χ3n) is 3.17. The van der Waals surface area contributed by atoms with Crippen LogP contribution in [0, 0.1) is 17.0 Å². The van der Waals surface area contributed by atoms with Gasteiger partial charge in [-0.05, 0) is 36.2 Å². The molecule has 0 spiro atoms. The van der Waals surface area contributed by atoms with Gasteiger partial charge < -0.3 is 9.47 Å². The third-order valence-corrected chi connectivity index (χ3v) is 3.17. The van der Waals surface area contributed by atoms with Crippen molar-refractivity contribution in [2.45, 2.75) is 6.92 Å². The second-order valence-electron chi connectivity index (χ2n) is 5.09. The van der Waals surface area contributed by atoms with E-state index in [1.54, 1.807) is 44.4 Å². The van der Waals surface area contributed by atoms with Crippen molar-refractivity contribution in [1.82, 2.24) is 5.43 Å². The fourth-order valence-electron chi connectivity index (χ4n) is 1.97. The molecule has 2 aromatic rings. The summed E-state index contributed by atoms with van der Waals surface area (Å²) in [4.78, 5) is 22.2. The third kappa shape index (κ3) is 5.31. The van der Waals surface area contributed by atoms with Crippen molar-refractivity contribution in [3.05, 3.63) is 63.7 Å². The second kappa shape index (κ2) is 8.44. The number of hydrazone groups is 1. The Balaban J connectivity index is 1.91. The first-order valence-corrected chi connectivity index (χ1v) is 7.33. The maximum Gasteiger partial charge on any atom is 0.311 e. The van der Waals surface area contributed by atoms with E-state index in [-0.39, 0.29) is 18.0 Å². The van der Waals surface area contributed by atoms with E-state index in [0.717, 1.165) is 11.1 Å². The number of carbonyl (C=O) groups excluding carboxylic acids is 1. The van der Waals surface area contributed by atoms with E-state index in [2.05, 4.69) is 10.5 Å². The molecule has 0 saturated heterocycles. The van der Waals surface area contributed by atoms with Crippen molar-refractivity contribution in [2.24, 2.45) is 5.10 Å². The lowest BCUT2D eigenvalue weighted by Crippen LogP contribution is -2.24. The molecule has 8 heteroatoms. The first-order chi connectivity index (χ1) is 12.0. The first-order valence-electron chi connectivity index (χ1n) is 7.33. The Bertz CT molecular complexity index is 805. The van der Waals surface area contributed by atoms with Crippen molar-refractivity contribution < 1.29 is 19.2 Å². The zero-order valence-corrected chi connectivity index (χ0v) is 13.8. The highest BCUT2D eigenvalue weighted by Crippen LogP contribution is 2.27. The van der Waals surface area contributed by atoms with Crippen molar-refractivity contribution >= 4 is 17.8 Å². The molecule has 0 radical (unpaired) electrons. The Morgan fingerprint density at radius 1 is 1.32 bits per heavy atom. The minimum Gasteiger partial charge on any atom is -0.497 e. The standard InChI is InChI=1S/C17H17N3O5/c1-12-6-7-16(15(8-12)20(22)23)25-11-17(21)19-18-10-13-4-3-5-14(9-13)24-2/h3-10H,11H2,1-2H3,(H,19,21). The van der Waals surface area contributed by atoms with Gasteiger partial charge in [-0.15, -0.1) is 0 Å². The molecule has 0 fully saturated rings. The topological polar surface area (TPSA) is 103 Å². The highest BCUT2D eigenvalue weighted by Gasteiger charge is 2.16. The number of aryl methyl sites for hydroxylation is 1. The van der Waals surface area contributed by atoms with Crippen LogP contribution in [0.25, 0.3) is 0 Å². The predicted molar refractivity (Wildman–Crippen MR) is 92.1 cm³/mol. The molecular formula is C17H17N3O5. The molecule has 0 saturated carbocycles. The van der Waals surface area contributed by atoms with Crippen molar-refractivity contribution in [1.29, 1.82) is 0 Å². The number of rotatable bonds is 7. The van der Waals surface area contributed by atoms with Gasteiger partial charge in [0.15, 0.2) is 12.4 Å². The number of nitro benzene ring substituents is 1. The number of carbonyl (C=O) groups is 1. The van der Waals surface area contributed by atoms with Crippen LogP contribution in [0.15, 0.2) is 47.6 Å². The number of hydrogen-bond donors (Lipinski definition) is 1. The van der Waals surface area contributed by atoms with Crippen molar-refractivity contribution in [3.8, 4) is 11.5 Å². The van der Waals surface area contributed by atoms with Crippen LogP contribution < -0.4 is 14.9 Å². The quantitative estimate of drug-likeness (QED) is 0.472. The number of benzene rings is 2. The second-order valence-corrected chi connectivity index (χ2v) is 5.09. The van der Waals surface area contributed by atoms with Gasteiger partial charge in [0, 0.05) is 6.07 Å². The summed E-state index contributed by atoms with van der Waals surface area (Å²) in [7, 11) is 1.56. The van der Waals surface area contributed by atoms with E-state index < -0.39 is 10.8 Å². The Kier molecular flexibility index (Phi) is 6.05. The van der Waals surface area contributed by atoms with Gasteiger partial charge in [0.2, 0.25) is 0 Å². The van der Waals surface area contributed by atoms with Gasteiger partial charge >= 0.3 is 5.69 Å². The van der Waals surface area contributed by atoms with E-state index >= 15 is 0 Å². The van der Waals surface area contributed by atoms with E-state index in [1.807, 2.05) is 0 Å². The maximum absolute atomic E-state index is 11.7. The summed E-state index contributed by atoms with van der Waals surface area (Å²) in [6, 6.07) is 11.6. The number of ether oxygens (including phenoxy) is 2. The summed E-state index contributed by atoms with van der Waals surface area (Å²) in [6.07, 6.45) is 1.45. The average molecular weight is 343 g/mol. The smallest absolute Gasteiger partial charge is 0.311 e. The summed E-state index contributed by atoms with van der Waals surface area (Å²) in [5, 5.41) is 14.8. The summed E-state index contributed by atoms with van der Waals surface area (Å²) < 4.78 is 10.3. The van der Waals surface area contributed by atoms with Gasteiger partial charge in [-0.25, -0.2) is 5.43 Å². The molecule has 1 amide bonds. The number of nitro groups is 1. The average Bonchev–Trinajstić information content (AvgIpc) is 2.60. The van der Waals surface area contributed by atoms with E-state index in [9.17, 15) is 14.9 Å². The van der Waals surface area contributed by atoms with E-state index in [4.69, 9.17) is 9.47 Å². The van der Waals surface area contributed by atoms with Gasteiger partial charge in [0.1, 0.15) is 5.75 Å². The Morgan fingerprint density at radius 3 is 2.84 bits per heavy atom. The molecular weight excluding hydrogens is 326 g/mol. The molecule has 0 atom stereocenters. The number of methoxy groups -OCH3 is 1. The molecule has 2 aromatic carbocycles. The summed E-state index contributed by atoms with van der Waals surface area (Å²) >= 11 is 0. The monoisotopic (exact) mass is 343 g/mol. The largest absolute Gasteiger partial charge is 0.497 e. The lowest BCUT2D eigenvalue weighted by Gasteiger charge is -2.06. The normalized spacial score (nSPS) is 10.5. The summed E-state index contributed by atoms with van der Waals surface area (Å²) in [6.45, 7) is 1.34. The van der Waals surface area contributed by atoms with Gasteiger partial charge in [0.25, 0.3) is 5.91 Å². The van der Waals surface area contributed by atoms with Gasteiger partial charge in [-0.2, -0.15) is 5.10 Å². The number of amides is 1. The van der Waals surface area contributed by atoms with Gasteiger partial charge in [0.05, 0.1) is 18.2 Å². The maximum atomic E-state index is 11.7. The van der Waals surface area contributed by atoms with Crippen LogP contribution in [0.3, 0.4) is 0 Å². The molecule has 0 aliphatic rings. The number of nitrogens with zero attached hydrogens (tertiary/aromatic N) is 2.